The van der Waals surface area contributed by atoms with Crippen LogP contribution in [-0.4, -0.2) is 30.3 Å². The largest absolute Gasteiger partial charge is 0.434 e. The summed E-state index contributed by atoms with van der Waals surface area (Å²) in [4.78, 5) is 12.4. The monoisotopic (exact) mass is 335 g/mol. The van der Waals surface area contributed by atoms with Crippen molar-refractivity contribution in [2.75, 3.05) is 6.54 Å². The van der Waals surface area contributed by atoms with Gasteiger partial charge in [0.05, 0.1) is 11.7 Å². The summed E-state index contributed by atoms with van der Waals surface area (Å²) < 4.78 is 29.8. The number of alkyl halides is 2. The zero-order valence-electron chi connectivity index (χ0n) is 13.0. The number of halogens is 2. The predicted molar refractivity (Wildman–Crippen MR) is 86.3 cm³/mol. The lowest BCUT2D eigenvalue weighted by atomic mass is 10.0. The van der Waals surface area contributed by atoms with E-state index in [4.69, 9.17) is 0 Å². The Balaban J connectivity index is 1.83. The molecule has 6 heteroatoms. The van der Waals surface area contributed by atoms with Crippen LogP contribution in [0.3, 0.4) is 0 Å². The average molecular weight is 335 g/mol. The van der Waals surface area contributed by atoms with Crippen LogP contribution in [0.4, 0.5) is 8.78 Å². The van der Waals surface area contributed by atoms with Crippen molar-refractivity contribution < 1.29 is 23.4 Å². The maximum Gasteiger partial charge on any atom is 0.387 e. The summed E-state index contributed by atoms with van der Waals surface area (Å²) in [6.07, 6.45) is 2.09. The van der Waals surface area contributed by atoms with E-state index < -0.39 is 18.6 Å². The number of nitrogens with one attached hydrogen (secondary N) is 1. The van der Waals surface area contributed by atoms with Crippen molar-refractivity contribution in [2.24, 2.45) is 5.92 Å². The molecule has 0 bridgehead atoms. The Bertz CT molecular complexity index is 735. The molecule has 2 unspecified atom stereocenters. The van der Waals surface area contributed by atoms with Crippen molar-refractivity contribution in [3.8, 4) is 5.75 Å². The second-order valence-electron chi connectivity index (χ2n) is 6.04. The van der Waals surface area contributed by atoms with Gasteiger partial charge in [0.2, 0.25) is 0 Å². The molecule has 1 aliphatic carbocycles. The molecule has 2 aromatic carbocycles. The molecule has 0 saturated heterocycles. The number of benzene rings is 2. The van der Waals surface area contributed by atoms with Gasteiger partial charge in [0.1, 0.15) is 5.75 Å². The zero-order valence-corrected chi connectivity index (χ0v) is 13.0. The number of fused-ring (bicyclic) bond motifs is 1. The molecule has 2 aromatic rings. The van der Waals surface area contributed by atoms with E-state index >= 15 is 0 Å². The van der Waals surface area contributed by atoms with Crippen LogP contribution in [0.2, 0.25) is 0 Å². The minimum atomic E-state index is -3.01. The number of aliphatic hydroxyl groups is 1. The van der Waals surface area contributed by atoms with Crippen LogP contribution in [0, 0.1) is 5.92 Å². The maximum atomic E-state index is 12.7. The summed E-state index contributed by atoms with van der Waals surface area (Å²) in [7, 11) is 0. The van der Waals surface area contributed by atoms with Crippen molar-refractivity contribution in [3.63, 3.8) is 0 Å². The first kappa shape index (κ1) is 16.6. The first-order valence-corrected chi connectivity index (χ1v) is 7.98. The number of rotatable bonds is 5. The minimum Gasteiger partial charge on any atom is -0.434 e. The van der Waals surface area contributed by atoms with E-state index in [0.717, 1.165) is 30.0 Å². The van der Waals surface area contributed by atoms with Crippen LogP contribution in [0.1, 0.15) is 29.6 Å². The van der Waals surface area contributed by atoms with E-state index in [1.807, 2.05) is 6.07 Å². The van der Waals surface area contributed by atoms with Crippen molar-refractivity contribution in [2.45, 2.75) is 32.0 Å². The molecule has 1 fully saturated rings. The van der Waals surface area contributed by atoms with Gasteiger partial charge >= 0.3 is 6.61 Å². The van der Waals surface area contributed by atoms with Gasteiger partial charge in [-0.25, -0.2) is 0 Å². The van der Waals surface area contributed by atoms with Crippen LogP contribution < -0.4 is 10.1 Å². The Morgan fingerprint density at radius 1 is 1.25 bits per heavy atom. The van der Waals surface area contributed by atoms with Crippen molar-refractivity contribution in [1.82, 2.24) is 5.32 Å². The third-order valence-electron chi connectivity index (χ3n) is 4.45. The molecule has 0 aromatic heterocycles. The maximum absolute atomic E-state index is 12.7. The SMILES string of the molecule is O=C(NCC1CCCC1O)c1cc2ccccc2cc1OC(F)F. The van der Waals surface area contributed by atoms with Gasteiger partial charge in [-0.1, -0.05) is 30.7 Å². The molecule has 1 amide bonds. The number of ether oxygens (including phenoxy) is 1. The standard InChI is InChI=1S/C18H19F2NO3/c19-18(20)24-16-9-12-5-2-1-4-11(12)8-14(16)17(23)21-10-13-6-3-7-15(13)22/h1-2,4-5,8-9,13,15,18,22H,3,6-7,10H2,(H,21,23). The highest BCUT2D eigenvalue weighted by Crippen LogP contribution is 2.28. The summed E-state index contributed by atoms with van der Waals surface area (Å²) in [6.45, 7) is -2.68. The molecule has 0 spiro atoms. The third kappa shape index (κ3) is 3.64. The first-order valence-electron chi connectivity index (χ1n) is 7.98. The second kappa shape index (κ2) is 7.13. The third-order valence-corrected chi connectivity index (χ3v) is 4.45. The molecule has 2 N–H and O–H groups in total. The lowest BCUT2D eigenvalue weighted by molar-refractivity contribution is -0.0500. The zero-order chi connectivity index (χ0) is 17.1. The van der Waals surface area contributed by atoms with Gasteiger partial charge in [-0.05, 0) is 35.7 Å². The number of amides is 1. The molecule has 128 valence electrons. The summed E-state index contributed by atoms with van der Waals surface area (Å²) in [6, 6.07) is 10.2. The summed E-state index contributed by atoms with van der Waals surface area (Å²) >= 11 is 0. The Hall–Kier alpha value is -2.21. The molecular weight excluding hydrogens is 316 g/mol. The topological polar surface area (TPSA) is 58.6 Å². The van der Waals surface area contributed by atoms with E-state index in [9.17, 15) is 18.7 Å². The second-order valence-corrected chi connectivity index (χ2v) is 6.04. The molecule has 24 heavy (non-hydrogen) atoms. The van der Waals surface area contributed by atoms with Crippen molar-refractivity contribution in [1.29, 1.82) is 0 Å². The lowest BCUT2D eigenvalue weighted by Crippen LogP contribution is -2.32. The highest BCUT2D eigenvalue weighted by atomic mass is 19.3. The van der Waals surface area contributed by atoms with E-state index in [1.54, 1.807) is 24.3 Å². The lowest BCUT2D eigenvalue weighted by Gasteiger charge is -2.16. The number of hydrogen-bond acceptors (Lipinski definition) is 3. The van der Waals surface area contributed by atoms with E-state index in [1.165, 1.54) is 6.07 Å². The molecule has 1 aliphatic rings. The Labute approximate surface area is 138 Å². The molecule has 3 rings (SSSR count). The van der Waals surface area contributed by atoms with Gasteiger partial charge in [0, 0.05) is 12.5 Å². The predicted octanol–water partition coefficient (Wildman–Crippen LogP) is 3.33. The van der Waals surface area contributed by atoms with Gasteiger partial charge in [-0.15, -0.1) is 0 Å². The summed E-state index contributed by atoms with van der Waals surface area (Å²) in [5, 5.41) is 14.0. The van der Waals surface area contributed by atoms with E-state index in [0.29, 0.717) is 6.54 Å². The molecule has 0 aliphatic heterocycles. The van der Waals surface area contributed by atoms with Gasteiger partial charge in [-0.2, -0.15) is 8.78 Å². The average Bonchev–Trinajstić information content (AvgIpc) is 2.96. The number of aliphatic hydroxyl groups excluding tert-OH is 1. The van der Waals surface area contributed by atoms with Crippen LogP contribution >= 0.6 is 0 Å². The molecule has 4 nitrogen and oxygen atoms in total. The van der Waals surface area contributed by atoms with Crippen LogP contribution in [0.5, 0.6) is 5.75 Å². The van der Waals surface area contributed by atoms with E-state index in [2.05, 4.69) is 10.1 Å². The van der Waals surface area contributed by atoms with Gasteiger partial charge < -0.3 is 15.2 Å². The Kier molecular flexibility index (Phi) is 4.94. The molecule has 1 saturated carbocycles. The number of hydrogen-bond donors (Lipinski definition) is 2. The molecular formula is C18H19F2NO3. The highest BCUT2D eigenvalue weighted by Gasteiger charge is 2.26. The fourth-order valence-electron chi connectivity index (χ4n) is 3.16. The van der Waals surface area contributed by atoms with Crippen LogP contribution in [0.15, 0.2) is 36.4 Å². The Morgan fingerprint density at radius 3 is 2.58 bits per heavy atom. The summed E-state index contributed by atoms with van der Waals surface area (Å²) in [5.74, 6) is -0.613. The first-order chi connectivity index (χ1) is 11.5. The van der Waals surface area contributed by atoms with Crippen molar-refractivity contribution >= 4 is 16.7 Å². The quantitative estimate of drug-likeness (QED) is 0.881. The van der Waals surface area contributed by atoms with Crippen molar-refractivity contribution in [3.05, 3.63) is 42.0 Å². The number of carbonyl (C=O) groups is 1. The van der Waals surface area contributed by atoms with E-state index in [-0.39, 0.29) is 17.2 Å². The fourth-order valence-corrected chi connectivity index (χ4v) is 3.16. The fraction of sp³-hybridized carbons (Fsp3) is 0.389. The molecule has 0 heterocycles. The van der Waals surface area contributed by atoms with Gasteiger partial charge in [0.15, 0.2) is 0 Å². The minimum absolute atomic E-state index is 0.00822. The molecule has 2 atom stereocenters. The van der Waals surface area contributed by atoms with Crippen LogP contribution in [0.25, 0.3) is 10.8 Å². The van der Waals surface area contributed by atoms with Gasteiger partial charge in [0.25, 0.3) is 5.91 Å². The van der Waals surface area contributed by atoms with Crippen LogP contribution in [-0.2, 0) is 0 Å². The highest BCUT2D eigenvalue weighted by molar-refractivity contribution is 6.01. The normalized spacial score (nSPS) is 20.5. The smallest absolute Gasteiger partial charge is 0.387 e. The van der Waals surface area contributed by atoms with Gasteiger partial charge in [-0.3, -0.25) is 4.79 Å². The summed E-state index contributed by atoms with van der Waals surface area (Å²) in [5.41, 5.74) is 0.0708. The number of carbonyl (C=O) groups excluding carboxylic acids is 1. The Morgan fingerprint density at radius 2 is 1.96 bits per heavy atom. The molecule has 0 radical (unpaired) electrons.